The van der Waals surface area contributed by atoms with Gasteiger partial charge in [-0.25, -0.2) is 8.42 Å². The van der Waals surface area contributed by atoms with E-state index in [0.717, 1.165) is 17.9 Å². The Morgan fingerprint density at radius 1 is 1.00 bits per heavy atom. The number of anilines is 2. The zero-order valence-corrected chi connectivity index (χ0v) is 23.4. The molecule has 1 fully saturated rings. The number of sulfonamides is 1. The van der Waals surface area contributed by atoms with E-state index in [0.29, 0.717) is 33.6 Å². The van der Waals surface area contributed by atoms with Gasteiger partial charge in [-0.1, -0.05) is 18.2 Å². The van der Waals surface area contributed by atoms with Crippen LogP contribution >= 0.6 is 12.2 Å². The Morgan fingerprint density at radius 2 is 1.68 bits per heavy atom. The van der Waals surface area contributed by atoms with Crippen molar-refractivity contribution in [2.45, 2.75) is 32.1 Å². The van der Waals surface area contributed by atoms with E-state index in [4.69, 9.17) is 12.2 Å². The normalized spacial score (nSPS) is 17.6. The summed E-state index contributed by atoms with van der Waals surface area (Å²) < 4.78 is 69.3. The van der Waals surface area contributed by atoms with Crippen LogP contribution in [0, 0.1) is 13.8 Å². The highest BCUT2D eigenvalue weighted by Gasteiger charge is 2.43. The molecule has 7 nitrogen and oxygen atoms in total. The van der Waals surface area contributed by atoms with Crippen LogP contribution in [0.5, 0.6) is 0 Å². The van der Waals surface area contributed by atoms with Gasteiger partial charge in [0.25, 0.3) is 0 Å². The number of nitrogens with zero attached hydrogens (tertiary/aromatic N) is 3. The second kappa shape index (κ2) is 10.3. The molecule has 2 aromatic carbocycles. The number of hydrogen-bond donors (Lipinski definition) is 2. The summed E-state index contributed by atoms with van der Waals surface area (Å²) in [6.07, 6.45) is -1.78. The molecule has 1 aliphatic heterocycles. The summed E-state index contributed by atoms with van der Waals surface area (Å²) in [7, 11) is -3.46. The number of nitrogens with one attached hydrogen (secondary N) is 2. The number of thiocarbonyl (C=S) groups is 1. The zero-order chi connectivity index (χ0) is 28.8. The van der Waals surface area contributed by atoms with Gasteiger partial charge in [-0.2, -0.15) is 13.2 Å². The zero-order valence-electron chi connectivity index (χ0n) is 21.8. The Bertz CT molecular complexity index is 1670. The molecule has 2 aromatic heterocycles. The van der Waals surface area contributed by atoms with Gasteiger partial charge in [-0.3, -0.25) is 9.71 Å². The fraction of sp³-hybridized carbons (Fsp3) is 0.214. The quantitative estimate of drug-likeness (QED) is 0.268. The lowest BCUT2D eigenvalue weighted by Crippen LogP contribution is -2.29. The van der Waals surface area contributed by atoms with Gasteiger partial charge < -0.3 is 14.8 Å². The fourth-order valence-corrected chi connectivity index (χ4v) is 6.13. The Labute approximate surface area is 235 Å². The molecule has 208 valence electrons. The summed E-state index contributed by atoms with van der Waals surface area (Å²) in [6.45, 7) is 3.57. The molecule has 1 aliphatic rings. The molecule has 2 unspecified atom stereocenters. The van der Waals surface area contributed by atoms with Gasteiger partial charge in [0.2, 0.25) is 10.0 Å². The number of alkyl halides is 3. The summed E-state index contributed by atoms with van der Waals surface area (Å²) in [5, 5.41) is 3.75. The molecule has 0 aliphatic carbocycles. The molecule has 12 heteroatoms. The molecule has 0 saturated carbocycles. The fourth-order valence-electron chi connectivity index (χ4n) is 5.22. The average molecular weight is 586 g/mol. The Kier molecular flexibility index (Phi) is 7.09. The molecule has 0 spiro atoms. The monoisotopic (exact) mass is 585 g/mol. The number of para-hydroxylation sites is 1. The van der Waals surface area contributed by atoms with E-state index >= 15 is 0 Å². The van der Waals surface area contributed by atoms with Gasteiger partial charge in [0, 0.05) is 29.0 Å². The minimum Gasteiger partial charge on any atom is -0.351 e. The first-order valence-corrected chi connectivity index (χ1v) is 14.6. The maximum Gasteiger partial charge on any atom is 0.418 e. The number of benzene rings is 2. The lowest BCUT2D eigenvalue weighted by atomic mass is 9.96. The first-order chi connectivity index (χ1) is 18.8. The van der Waals surface area contributed by atoms with Gasteiger partial charge in [0.05, 0.1) is 35.3 Å². The van der Waals surface area contributed by atoms with Crippen molar-refractivity contribution in [3.05, 3.63) is 107 Å². The predicted molar refractivity (Wildman–Crippen MR) is 153 cm³/mol. The summed E-state index contributed by atoms with van der Waals surface area (Å²) in [5.41, 5.74) is 3.15. The Balaban J connectivity index is 1.66. The number of rotatable bonds is 6. The third-order valence-corrected chi connectivity index (χ3v) is 7.71. The van der Waals surface area contributed by atoms with Gasteiger partial charge in [0.15, 0.2) is 5.11 Å². The summed E-state index contributed by atoms with van der Waals surface area (Å²) in [5.74, 6) is 0. The van der Waals surface area contributed by atoms with E-state index < -0.39 is 33.8 Å². The van der Waals surface area contributed by atoms with E-state index in [2.05, 4.69) is 15.0 Å². The van der Waals surface area contributed by atoms with Crippen LogP contribution in [-0.4, -0.2) is 29.3 Å². The van der Waals surface area contributed by atoms with Gasteiger partial charge in [-0.15, -0.1) is 0 Å². The molecule has 0 amide bonds. The molecule has 1 saturated heterocycles. The third-order valence-electron chi connectivity index (χ3n) is 6.79. The third kappa shape index (κ3) is 5.28. The van der Waals surface area contributed by atoms with Crippen LogP contribution in [-0.2, 0) is 16.2 Å². The van der Waals surface area contributed by atoms with Gasteiger partial charge >= 0.3 is 6.18 Å². The standard InChI is InChI=1S/C28H26F3N5O2S2/c1-17-16-21(18(2)35(17)24-10-5-4-8-22(24)28(29,30)31)26-25(23-9-6-7-15-32-23)33-27(39)36(26)20-13-11-19(12-14-20)34-40(3,37)38/h4-16,25-26,34H,1-3H3,(H,33,39). The molecule has 2 atom stereocenters. The SMILES string of the molecule is Cc1cc(C2C(c3ccccn3)NC(=S)N2c2ccc(NS(C)(=O)=O)cc2)c(C)n1-c1ccccc1C(F)(F)F. The number of aryl methyl sites for hydroxylation is 1. The lowest BCUT2D eigenvalue weighted by molar-refractivity contribution is -0.137. The van der Waals surface area contributed by atoms with Crippen molar-refractivity contribution in [3.63, 3.8) is 0 Å². The first kappa shape index (κ1) is 27.7. The lowest BCUT2D eigenvalue weighted by Gasteiger charge is -2.28. The van der Waals surface area contributed by atoms with Crippen molar-refractivity contribution in [3.8, 4) is 5.69 Å². The summed E-state index contributed by atoms with van der Waals surface area (Å²) >= 11 is 5.76. The van der Waals surface area contributed by atoms with Crippen molar-refractivity contribution in [1.82, 2.24) is 14.9 Å². The van der Waals surface area contributed by atoms with Crippen molar-refractivity contribution in [2.75, 3.05) is 15.9 Å². The number of hydrogen-bond acceptors (Lipinski definition) is 4. The van der Waals surface area contributed by atoms with E-state index in [1.165, 1.54) is 12.1 Å². The Hall–Kier alpha value is -3.90. The highest BCUT2D eigenvalue weighted by Crippen LogP contribution is 2.44. The molecular formula is C28H26F3N5O2S2. The van der Waals surface area contributed by atoms with Gasteiger partial charge in [-0.05, 0) is 86.2 Å². The molecule has 3 heterocycles. The molecule has 40 heavy (non-hydrogen) atoms. The van der Waals surface area contributed by atoms with Crippen LogP contribution < -0.4 is 14.9 Å². The van der Waals surface area contributed by atoms with Crippen LogP contribution in [0.15, 0.2) is 79.0 Å². The first-order valence-electron chi connectivity index (χ1n) is 12.3. The Morgan fingerprint density at radius 3 is 2.30 bits per heavy atom. The molecule has 5 rings (SSSR count). The molecular weight excluding hydrogens is 559 g/mol. The van der Waals surface area contributed by atoms with Crippen LogP contribution in [0.2, 0.25) is 0 Å². The van der Waals surface area contributed by atoms with Crippen molar-refractivity contribution in [1.29, 1.82) is 0 Å². The van der Waals surface area contributed by atoms with E-state index in [1.54, 1.807) is 61.0 Å². The highest BCUT2D eigenvalue weighted by molar-refractivity contribution is 7.92. The summed E-state index contributed by atoms with van der Waals surface area (Å²) in [4.78, 5) is 6.43. The topological polar surface area (TPSA) is 79.3 Å². The van der Waals surface area contributed by atoms with Crippen LogP contribution in [0.25, 0.3) is 5.69 Å². The largest absolute Gasteiger partial charge is 0.418 e. The van der Waals surface area contributed by atoms with Crippen molar-refractivity contribution >= 4 is 38.7 Å². The number of pyridine rings is 1. The highest BCUT2D eigenvalue weighted by atomic mass is 32.2. The smallest absolute Gasteiger partial charge is 0.351 e. The van der Waals surface area contributed by atoms with Gasteiger partial charge in [0.1, 0.15) is 0 Å². The molecule has 0 radical (unpaired) electrons. The molecule has 0 bridgehead atoms. The maximum atomic E-state index is 14.0. The molecule has 2 N–H and O–H groups in total. The van der Waals surface area contributed by atoms with Crippen LogP contribution in [0.1, 0.15) is 40.3 Å². The van der Waals surface area contributed by atoms with Crippen LogP contribution in [0.3, 0.4) is 0 Å². The number of aromatic nitrogens is 2. The van der Waals surface area contributed by atoms with Crippen molar-refractivity contribution in [2.24, 2.45) is 0 Å². The second-order valence-corrected chi connectivity index (χ2v) is 11.7. The average Bonchev–Trinajstić information content (AvgIpc) is 3.38. The van der Waals surface area contributed by atoms with E-state index in [9.17, 15) is 21.6 Å². The summed E-state index contributed by atoms with van der Waals surface area (Å²) in [6, 6.07) is 18.8. The minimum atomic E-state index is -4.53. The minimum absolute atomic E-state index is 0.0434. The predicted octanol–water partition coefficient (Wildman–Crippen LogP) is 6.06. The van der Waals surface area contributed by atoms with Crippen LogP contribution in [0.4, 0.5) is 24.5 Å². The van der Waals surface area contributed by atoms with E-state index in [1.807, 2.05) is 23.1 Å². The maximum absolute atomic E-state index is 14.0. The van der Waals surface area contributed by atoms with E-state index in [-0.39, 0.29) is 5.69 Å². The second-order valence-electron chi connectivity index (χ2n) is 9.59. The van der Waals surface area contributed by atoms with Crippen molar-refractivity contribution < 1.29 is 21.6 Å². The molecule has 4 aromatic rings. The number of halogens is 3.